The maximum Gasteiger partial charge on any atom is 0.153 e. The highest BCUT2D eigenvalue weighted by Gasteiger charge is 2.27. The topological polar surface area (TPSA) is 30.5 Å². The number of halogens is 1. The van der Waals surface area contributed by atoms with Gasteiger partial charge in [0.15, 0.2) is 6.30 Å². The SMILES string of the molecule is CCC(F)N1CCN(C2CNCCN2)CC1. The van der Waals surface area contributed by atoms with E-state index in [1.807, 2.05) is 11.8 Å². The Bertz CT molecular complexity index is 200. The molecule has 2 rings (SSSR count). The first-order chi connectivity index (χ1) is 7.81. The Morgan fingerprint density at radius 2 is 2.00 bits per heavy atom. The van der Waals surface area contributed by atoms with Crippen molar-refractivity contribution < 1.29 is 4.39 Å². The fourth-order valence-corrected chi connectivity index (χ4v) is 2.48. The molecular weight excluding hydrogens is 207 g/mol. The first kappa shape index (κ1) is 12.2. The molecule has 0 bridgehead atoms. The van der Waals surface area contributed by atoms with Gasteiger partial charge >= 0.3 is 0 Å². The molecular formula is C11H23FN4. The highest BCUT2D eigenvalue weighted by atomic mass is 19.1. The molecule has 2 heterocycles. The number of piperazine rings is 2. The minimum absolute atomic E-state index is 0.440. The average molecular weight is 230 g/mol. The van der Waals surface area contributed by atoms with Gasteiger partial charge in [-0.25, -0.2) is 4.39 Å². The van der Waals surface area contributed by atoms with E-state index in [0.29, 0.717) is 12.6 Å². The molecule has 0 aliphatic carbocycles. The van der Waals surface area contributed by atoms with Crippen LogP contribution >= 0.6 is 0 Å². The van der Waals surface area contributed by atoms with Gasteiger partial charge < -0.3 is 5.32 Å². The minimum atomic E-state index is -0.750. The molecule has 0 amide bonds. The van der Waals surface area contributed by atoms with Gasteiger partial charge in [0.1, 0.15) is 0 Å². The Morgan fingerprint density at radius 1 is 1.25 bits per heavy atom. The van der Waals surface area contributed by atoms with Crippen LogP contribution in [0.4, 0.5) is 4.39 Å². The molecule has 2 aliphatic rings. The molecule has 0 radical (unpaired) electrons. The van der Waals surface area contributed by atoms with Crippen molar-refractivity contribution in [1.82, 2.24) is 20.4 Å². The van der Waals surface area contributed by atoms with E-state index in [9.17, 15) is 4.39 Å². The van der Waals surface area contributed by atoms with Crippen molar-refractivity contribution in [3.63, 3.8) is 0 Å². The summed E-state index contributed by atoms with van der Waals surface area (Å²) in [7, 11) is 0. The Balaban J connectivity index is 1.75. The van der Waals surface area contributed by atoms with Crippen molar-refractivity contribution in [3.8, 4) is 0 Å². The molecule has 5 heteroatoms. The van der Waals surface area contributed by atoms with Crippen LogP contribution < -0.4 is 10.6 Å². The fourth-order valence-electron chi connectivity index (χ4n) is 2.48. The van der Waals surface area contributed by atoms with Gasteiger partial charge in [-0.05, 0) is 6.42 Å². The molecule has 94 valence electrons. The largest absolute Gasteiger partial charge is 0.313 e. The van der Waals surface area contributed by atoms with Gasteiger partial charge in [0.2, 0.25) is 0 Å². The second kappa shape index (κ2) is 5.91. The summed E-state index contributed by atoms with van der Waals surface area (Å²) in [4.78, 5) is 4.37. The van der Waals surface area contributed by atoms with Crippen LogP contribution in [0.3, 0.4) is 0 Å². The highest BCUT2D eigenvalue weighted by Crippen LogP contribution is 2.11. The molecule has 0 saturated carbocycles. The second-order valence-corrected chi connectivity index (χ2v) is 4.59. The number of hydrogen-bond donors (Lipinski definition) is 2. The lowest BCUT2D eigenvalue weighted by Gasteiger charge is -2.41. The summed E-state index contributed by atoms with van der Waals surface area (Å²) in [6.07, 6.45) is 0.290. The summed E-state index contributed by atoms with van der Waals surface area (Å²) in [5.41, 5.74) is 0. The first-order valence-electron chi connectivity index (χ1n) is 6.37. The Kier molecular flexibility index (Phi) is 4.52. The van der Waals surface area contributed by atoms with Crippen molar-refractivity contribution >= 4 is 0 Å². The van der Waals surface area contributed by atoms with Crippen molar-refractivity contribution in [3.05, 3.63) is 0 Å². The lowest BCUT2D eigenvalue weighted by Crippen LogP contribution is -2.61. The predicted molar refractivity (Wildman–Crippen MR) is 63.0 cm³/mol. The number of alkyl halides is 1. The maximum atomic E-state index is 13.5. The summed E-state index contributed by atoms with van der Waals surface area (Å²) < 4.78 is 13.5. The standard InChI is InChI=1S/C11H23FN4/c1-2-10(12)15-5-7-16(8-6-15)11-9-13-3-4-14-11/h10-11,13-14H,2-9H2,1H3. The molecule has 2 saturated heterocycles. The summed E-state index contributed by atoms with van der Waals surface area (Å²) in [6.45, 7) is 8.65. The third kappa shape index (κ3) is 2.91. The van der Waals surface area contributed by atoms with Gasteiger partial charge in [-0.15, -0.1) is 0 Å². The third-order valence-electron chi connectivity index (χ3n) is 3.54. The van der Waals surface area contributed by atoms with Gasteiger partial charge in [-0.1, -0.05) is 6.92 Å². The van der Waals surface area contributed by atoms with Crippen LogP contribution in [-0.2, 0) is 0 Å². The van der Waals surface area contributed by atoms with E-state index >= 15 is 0 Å². The molecule has 2 aliphatic heterocycles. The Labute approximate surface area is 97.2 Å². The molecule has 2 fully saturated rings. The van der Waals surface area contributed by atoms with E-state index in [0.717, 1.165) is 45.8 Å². The average Bonchev–Trinajstić information content (AvgIpc) is 2.39. The third-order valence-corrected chi connectivity index (χ3v) is 3.54. The smallest absolute Gasteiger partial charge is 0.153 e. The molecule has 16 heavy (non-hydrogen) atoms. The van der Waals surface area contributed by atoms with E-state index < -0.39 is 6.30 Å². The van der Waals surface area contributed by atoms with Crippen LogP contribution in [0.2, 0.25) is 0 Å². The number of hydrogen-bond acceptors (Lipinski definition) is 4. The van der Waals surface area contributed by atoms with Crippen LogP contribution in [0.1, 0.15) is 13.3 Å². The maximum absolute atomic E-state index is 13.5. The summed E-state index contributed by atoms with van der Waals surface area (Å²) in [6, 6.07) is 0. The van der Waals surface area contributed by atoms with E-state index in [2.05, 4.69) is 15.5 Å². The van der Waals surface area contributed by atoms with Gasteiger partial charge in [0.05, 0.1) is 6.17 Å². The van der Waals surface area contributed by atoms with Gasteiger partial charge in [0.25, 0.3) is 0 Å². The normalized spacial score (nSPS) is 31.5. The van der Waals surface area contributed by atoms with E-state index in [-0.39, 0.29) is 0 Å². The van der Waals surface area contributed by atoms with Gasteiger partial charge in [-0.2, -0.15) is 0 Å². The predicted octanol–water partition coefficient (Wildman–Crippen LogP) is -0.171. The number of nitrogens with one attached hydrogen (secondary N) is 2. The monoisotopic (exact) mass is 230 g/mol. The van der Waals surface area contributed by atoms with Crippen molar-refractivity contribution in [2.75, 3.05) is 45.8 Å². The molecule has 0 aromatic rings. The quantitative estimate of drug-likeness (QED) is 0.659. The zero-order valence-electron chi connectivity index (χ0n) is 10.1. The second-order valence-electron chi connectivity index (χ2n) is 4.59. The zero-order chi connectivity index (χ0) is 11.4. The highest BCUT2D eigenvalue weighted by molar-refractivity contribution is 4.81. The molecule has 2 N–H and O–H groups in total. The molecule has 4 nitrogen and oxygen atoms in total. The number of nitrogens with zero attached hydrogens (tertiary/aromatic N) is 2. The minimum Gasteiger partial charge on any atom is -0.313 e. The van der Waals surface area contributed by atoms with Crippen LogP contribution in [0.5, 0.6) is 0 Å². The van der Waals surface area contributed by atoms with Crippen molar-refractivity contribution in [2.45, 2.75) is 25.8 Å². The summed E-state index contributed by atoms with van der Waals surface area (Å²) in [5, 5.41) is 6.88. The van der Waals surface area contributed by atoms with E-state index in [4.69, 9.17) is 0 Å². The van der Waals surface area contributed by atoms with Crippen LogP contribution in [0.25, 0.3) is 0 Å². The van der Waals surface area contributed by atoms with Gasteiger partial charge in [0, 0.05) is 45.8 Å². The van der Waals surface area contributed by atoms with E-state index in [1.165, 1.54) is 0 Å². The first-order valence-corrected chi connectivity index (χ1v) is 6.37. The molecule has 2 unspecified atom stereocenters. The molecule has 0 spiro atoms. The van der Waals surface area contributed by atoms with E-state index in [1.54, 1.807) is 0 Å². The lowest BCUT2D eigenvalue weighted by atomic mass is 10.2. The molecule has 2 atom stereocenters. The molecule has 0 aromatic heterocycles. The van der Waals surface area contributed by atoms with Gasteiger partial charge in [-0.3, -0.25) is 15.1 Å². The molecule has 0 aromatic carbocycles. The van der Waals surface area contributed by atoms with Crippen molar-refractivity contribution in [1.29, 1.82) is 0 Å². The van der Waals surface area contributed by atoms with Crippen LogP contribution in [-0.4, -0.2) is 68.1 Å². The van der Waals surface area contributed by atoms with Crippen LogP contribution in [0, 0.1) is 0 Å². The Morgan fingerprint density at radius 3 is 2.56 bits per heavy atom. The summed E-state index contributed by atoms with van der Waals surface area (Å²) in [5.74, 6) is 0. The van der Waals surface area contributed by atoms with Crippen molar-refractivity contribution in [2.24, 2.45) is 0 Å². The number of rotatable bonds is 3. The zero-order valence-corrected chi connectivity index (χ0v) is 10.1. The lowest BCUT2D eigenvalue weighted by molar-refractivity contribution is 0.00830. The van der Waals surface area contributed by atoms with Crippen LogP contribution in [0.15, 0.2) is 0 Å². The Hall–Kier alpha value is -0.230. The fraction of sp³-hybridized carbons (Fsp3) is 1.00. The summed E-state index contributed by atoms with van der Waals surface area (Å²) >= 11 is 0.